The Balaban J connectivity index is 2.19. The number of hydrogen-bond donors (Lipinski definition) is 1. The van der Waals surface area contributed by atoms with Crippen molar-refractivity contribution in [2.24, 2.45) is 0 Å². The Bertz CT molecular complexity index is 468. The SMILES string of the molecule is CNC(Cc1ccccc1C)c1cnccn1. The van der Waals surface area contributed by atoms with Crippen molar-refractivity contribution in [2.75, 3.05) is 7.05 Å². The van der Waals surface area contributed by atoms with E-state index in [0.717, 1.165) is 12.1 Å². The number of likely N-dealkylation sites (N-methyl/N-ethyl adjacent to an activating group) is 1. The lowest BCUT2D eigenvalue weighted by Gasteiger charge is -2.16. The normalized spacial score (nSPS) is 12.4. The molecule has 3 heteroatoms. The molecule has 1 heterocycles. The molecule has 0 fully saturated rings. The number of hydrogen-bond acceptors (Lipinski definition) is 3. The fraction of sp³-hybridized carbons (Fsp3) is 0.286. The molecule has 3 nitrogen and oxygen atoms in total. The first-order chi connectivity index (χ1) is 8.31. The summed E-state index contributed by atoms with van der Waals surface area (Å²) in [6, 6.07) is 8.65. The van der Waals surface area contributed by atoms with E-state index >= 15 is 0 Å². The van der Waals surface area contributed by atoms with Crippen LogP contribution in [0.3, 0.4) is 0 Å². The molecular formula is C14H17N3. The molecule has 0 radical (unpaired) electrons. The number of nitrogens with one attached hydrogen (secondary N) is 1. The van der Waals surface area contributed by atoms with E-state index in [-0.39, 0.29) is 6.04 Å². The van der Waals surface area contributed by atoms with E-state index in [4.69, 9.17) is 0 Å². The van der Waals surface area contributed by atoms with Gasteiger partial charge in [0.05, 0.1) is 11.7 Å². The lowest BCUT2D eigenvalue weighted by molar-refractivity contribution is 0.572. The second-order valence-electron chi connectivity index (χ2n) is 4.10. The van der Waals surface area contributed by atoms with Crippen LogP contribution >= 0.6 is 0 Å². The third-order valence-electron chi connectivity index (χ3n) is 2.97. The van der Waals surface area contributed by atoms with Gasteiger partial charge in [0, 0.05) is 18.6 Å². The minimum atomic E-state index is 0.213. The van der Waals surface area contributed by atoms with Crippen molar-refractivity contribution >= 4 is 0 Å². The van der Waals surface area contributed by atoms with E-state index in [9.17, 15) is 0 Å². The van der Waals surface area contributed by atoms with Gasteiger partial charge in [-0.05, 0) is 31.5 Å². The van der Waals surface area contributed by atoms with Crippen molar-refractivity contribution in [1.82, 2.24) is 15.3 Å². The molecule has 1 aromatic carbocycles. The lowest BCUT2D eigenvalue weighted by atomic mass is 9.99. The monoisotopic (exact) mass is 227 g/mol. The highest BCUT2D eigenvalue weighted by molar-refractivity contribution is 5.27. The molecule has 1 N–H and O–H groups in total. The average molecular weight is 227 g/mol. The molecule has 0 aliphatic rings. The fourth-order valence-electron chi connectivity index (χ4n) is 1.90. The zero-order valence-corrected chi connectivity index (χ0v) is 10.2. The van der Waals surface area contributed by atoms with Crippen LogP contribution in [0.5, 0.6) is 0 Å². The first-order valence-electron chi connectivity index (χ1n) is 5.79. The summed E-state index contributed by atoms with van der Waals surface area (Å²) in [6.45, 7) is 2.14. The smallest absolute Gasteiger partial charge is 0.0759 e. The van der Waals surface area contributed by atoms with Gasteiger partial charge in [-0.25, -0.2) is 0 Å². The molecule has 88 valence electrons. The Morgan fingerprint density at radius 2 is 2.06 bits per heavy atom. The van der Waals surface area contributed by atoms with E-state index < -0.39 is 0 Å². The highest BCUT2D eigenvalue weighted by atomic mass is 14.9. The van der Waals surface area contributed by atoms with Crippen molar-refractivity contribution in [3.05, 3.63) is 59.7 Å². The maximum absolute atomic E-state index is 4.35. The van der Waals surface area contributed by atoms with Gasteiger partial charge in [0.25, 0.3) is 0 Å². The fourth-order valence-corrected chi connectivity index (χ4v) is 1.90. The molecule has 2 rings (SSSR count). The Morgan fingerprint density at radius 1 is 1.24 bits per heavy atom. The molecule has 0 aliphatic carbocycles. The minimum absolute atomic E-state index is 0.213. The third-order valence-corrected chi connectivity index (χ3v) is 2.97. The lowest BCUT2D eigenvalue weighted by Crippen LogP contribution is -2.20. The summed E-state index contributed by atoms with van der Waals surface area (Å²) in [5, 5.41) is 3.29. The van der Waals surface area contributed by atoms with Crippen LogP contribution in [0.4, 0.5) is 0 Å². The molecule has 1 aromatic heterocycles. The Kier molecular flexibility index (Phi) is 3.83. The maximum atomic E-state index is 4.35. The average Bonchev–Trinajstić information content (AvgIpc) is 2.39. The number of rotatable bonds is 4. The van der Waals surface area contributed by atoms with E-state index in [0.29, 0.717) is 0 Å². The molecule has 2 aromatic rings. The molecule has 0 saturated heterocycles. The Hall–Kier alpha value is -1.74. The molecule has 1 atom stereocenters. The van der Waals surface area contributed by atoms with Gasteiger partial charge in [0.2, 0.25) is 0 Å². The van der Waals surface area contributed by atoms with E-state index in [1.807, 2.05) is 13.2 Å². The predicted molar refractivity (Wildman–Crippen MR) is 68.7 cm³/mol. The Labute approximate surface area is 102 Å². The van der Waals surface area contributed by atoms with Crippen LogP contribution in [0.15, 0.2) is 42.9 Å². The summed E-state index contributed by atoms with van der Waals surface area (Å²) in [5.41, 5.74) is 3.65. The van der Waals surface area contributed by atoms with Gasteiger partial charge in [-0.2, -0.15) is 0 Å². The zero-order chi connectivity index (χ0) is 12.1. The van der Waals surface area contributed by atoms with E-state index in [2.05, 4.69) is 46.5 Å². The van der Waals surface area contributed by atoms with Gasteiger partial charge in [0.1, 0.15) is 0 Å². The zero-order valence-electron chi connectivity index (χ0n) is 10.2. The van der Waals surface area contributed by atoms with Crippen LogP contribution < -0.4 is 5.32 Å². The molecule has 0 amide bonds. The molecular weight excluding hydrogens is 210 g/mol. The summed E-state index contributed by atoms with van der Waals surface area (Å²) >= 11 is 0. The highest BCUT2D eigenvalue weighted by Gasteiger charge is 2.12. The van der Waals surface area contributed by atoms with Crippen molar-refractivity contribution < 1.29 is 0 Å². The van der Waals surface area contributed by atoms with Crippen molar-refractivity contribution in [3.8, 4) is 0 Å². The summed E-state index contributed by atoms with van der Waals surface area (Å²) < 4.78 is 0. The predicted octanol–water partition coefficient (Wildman–Crippen LogP) is 2.29. The maximum Gasteiger partial charge on any atom is 0.0759 e. The van der Waals surface area contributed by atoms with Crippen LogP contribution in [-0.4, -0.2) is 17.0 Å². The van der Waals surface area contributed by atoms with Crippen LogP contribution in [-0.2, 0) is 6.42 Å². The highest BCUT2D eigenvalue weighted by Crippen LogP contribution is 2.17. The van der Waals surface area contributed by atoms with Gasteiger partial charge in [-0.3, -0.25) is 9.97 Å². The molecule has 0 spiro atoms. The van der Waals surface area contributed by atoms with Gasteiger partial charge >= 0.3 is 0 Å². The molecule has 1 unspecified atom stereocenters. The molecule has 17 heavy (non-hydrogen) atoms. The van der Waals surface area contributed by atoms with Gasteiger partial charge in [-0.15, -0.1) is 0 Å². The first kappa shape index (κ1) is 11.7. The standard InChI is InChI=1S/C14H17N3/c1-11-5-3-4-6-12(11)9-13(15-2)14-10-16-7-8-17-14/h3-8,10,13,15H,9H2,1-2H3. The number of aryl methyl sites for hydroxylation is 1. The van der Waals surface area contributed by atoms with Crippen molar-refractivity contribution in [2.45, 2.75) is 19.4 Å². The van der Waals surface area contributed by atoms with E-state index in [1.165, 1.54) is 11.1 Å². The molecule has 0 aliphatic heterocycles. The summed E-state index contributed by atoms with van der Waals surface area (Å²) in [5.74, 6) is 0. The Morgan fingerprint density at radius 3 is 2.71 bits per heavy atom. The number of aromatic nitrogens is 2. The largest absolute Gasteiger partial charge is 0.311 e. The molecule has 0 saturated carbocycles. The summed E-state index contributed by atoms with van der Waals surface area (Å²) in [7, 11) is 1.96. The van der Waals surface area contributed by atoms with Crippen LogP contribution in [0.1, 0.15) is 22.9 Å². The quantitative estimate of drug-likeness (QED) is 0.870. The summed E-state index contributed by atoms with van der Waals surface area (Å²) in [6.07, 6.45) is 6.18. The third kappa shape index (κ3) is 2.88. The number of benzene rings is 1. The second-order valence-corrected chi connectivity index (χ2v) is 4.10. The van der Waals surface area contributed by atoms with E-state index in [1.54, 1.807) is 12.4 Å². The van der Waals surface area contributed by atoms with Crippen LogP contribution in [0.2, 0.25) is 0 Å². The van der Waals surface area contributed by atoms with Crippen molar-refractivity contribution in [1.29, 1.82) is 0 Å². The van der Waals surface area contributed by atoms with Gasteiger partial charge < -0.3 is 5.32 Å². The first-order valence-corrected chi connectivity index (χ1v) is 5.79. The van der Waals surface area contributed by atoms with Gasteiger partial charge in [0.15, 0.2) is 0 Å². The topological polar surface area (TPSA) is 37.8 Å². The van der Waals surface area contributed by atoms with Crippen LogP contribution in [0.25, 0.3) is 0 Å². The van der Waals surface area contributed by atoms with Gasteiger partial charge in [-0.1, -0.05) is 24.3 Å². The number of nitrogens with zero attached hydrogens (tertiary/aromatic N) is 2. The minimum Gasteiger partial charge on any atom is -0.311 e. The molecule has 0 bridgehead atoms. The van der Waals surface area contributed by atoms with Crippen molar-refractivity contribution in [3.63, 3.8) is 0 Å². The van der Waals surface area contributed by atoms with Crippen LogP contribution in [0, 0.1) is 6.92 Å². The summed E-state index contributed by atoms with van der Waals surface area (Å²) in [4.78, 5) is 8.47. The second kappa shape index (κ2) is 5.55.